The average molecular weight is 401 g/mol. The number of carbonyl (C=O) groups is 1. The summed E-state index contributed by atoms with van der Waals surface area (Å²) in [5.74, 6) is -0.0918. The Labute approximate surface area is 173 Å². The minimum Gasteiger partial charge on any atom is -0.466 e. The van der Waals surface area contributed by atoms with E-state index in [-0.39, 0.29) is 11.9 Å². The van der Waals surface area contributed by atoms with Crippen LogP contribution in [0.5, 0.6) is 0 Å². The van der Waals surface area contributed by atoms with Gasteiger partial charge >= 0.3 is 5.97 Å². The second kappa shape index (κ2) is 8.02. The van der Waals surface area contributed by atoms with Crippen molar-refractivity contribution in [1.82, 2.24) is 4.98 Å². The molecule has 0 amide bonds. The van der Waals surface area contributed by atoms with Crippen LogP contribution in [0, 0.1) is 11.3 Å². The fourth-order valence-corrected chi connectivity index (χ4v) is 4.83. The molecule has 29 heavy (non-hydrogen) atoms. The van der Waals surface area contributed by atoms with Crippen molar-refractivity contribution in [3.05, 3.63) is 65.3 Å². The van der Waals surface area contributed by atoms with Crippen LogP contribution in [0.1, 0.15) is 36.6 Å². The number of aromatic nitrogens is 1. The largest absolute Gasteiger partial charge is 0.466 e. The summed E-state index contributed by atoms with van der Waals surface area (Å²) in [6.45, 7) is 4.27. The second-order valence-electron chi connectivity index (χ2n) is 6.98. The van der Waals surface area contributed by atoms with E-state index in [1.165, 1.54) is 0 Å². The monoisotopic (exact) mass is 400 g/mol. The van der Waals surface area contributed by atoms with Crippen molar-refractivity contribution in [2.45, 2.75) is 26.2 Å². The van der Waals surface area contributed by atoms with E-state index < -0.39 is 0 Å². The summed E-state index contributed by atoms with van der Waals surface area (Å²) in [6, 6.07) is 16.2. The van der Waals surface area contributed by atoms with Crippen LogP contribution in [-0.2, 0) is 9.53 Å². The highest BCUT2D eigenvalue weighted by Crippen LogP contribution is 2.40. The molecule has 0 bridgehead atoms. The molecule has 0 aliphatic heterocycles. The molecule has 0 saturated carbocycles. The number of nitriles is 1. The standard InChI is InChI=1S/C24H20N2O2S/c1-3-28-23(27)10-15(2)22-11-17-13-26-14-21(24(17)29-22)20-9-8-16(12-25)18-6-4-5-7-19(18)20/h4-9,11,13-15H,3,10H2,1-2H3. The van der Waals surface area contributed by atoms with Crippen LogP contribution in [0.4, 0.5) is 0 Å². The first-order valence-corrected chi connectivity index (χ1v) is 10.4. The van der Waals surface area contributed by atoms with E-state index in [0.717, 1.165) is 36.9 Å². The summed E-state index contributed by atoms with van der Waals surface area (Å²) in [4.78, 5) is 17.5. The molecule has 4 aromatic rings. The fraction of sp³-hybridized carbons (Fsp3) is 0.208. The van der Waals surface area contributed by atoms with Gasteiger partial charge in [-0.2, -0.15) is 5.26 Å². The molecule has 2 aromatic heterocycles. The third-order valence-electron chi connectivity index (χ3n) is 5.04. The van der Waals surface area contributed by atoms with Gasteiger partial charge in [0.1, 0.15) is 0 Å². The molecule has 0 radical (unpaired) electrons. The molecule has 0 spiro atoms. The lowest BCUT2D eigenvalue weighted by Crippen LogP contribution is -2.07. The first kappa shape index (κ1) is 19.1. The number of pyridine rings is 1. The van der Waals surface area contributed by atoms with Crippen molar-refractivity contribution >= 4 is 38.2 Å². The fourth-order valence-electron chi connectivity index (χ4n) is 3.62. The lowest BCUT2D eigenvalue weighted by molar-refractivity contribution is -0.143. The first-order chi connectivity index (χ1) is 14.1. The molecule has 5 heteroatoms. The molecule has 0 fully saturated rings. The highest BCUT2D eigenvalue weighted by atomic mass is 32.1. The number of fused-ring (bicyclic) bond motifs is 2. The van der Waals surface area contributed by atoms with Gasteiger partial charge in [0, 0.05) is 44.2 Å². The van der Waals surface area contributed by atoms with Gasteiger partial charge < -0.3 is 4.74 Å². The van der Waals surface area contributed by atoms with Crippen LogP contribution in [0.15, 0.2) is 54.9 Å². The zero-order valence-electron chi connectivity index (χ0n) is 16.3. The molecule has 2 aromatic carbocycles. The molecular weight excluding hydrogens is 380 g/mol. The van der Waals surface area contributed by atoms with Gasteiger partial charge in [-0.1, -0.05) is 37.3 Å². The number of nitrogens with zero attached hydrogens (tertiary/aromatic N) is 2. The number of hydrogen-bond donors (Lipinski definition) is 0. The number of esters is 1. The van der Waals surface area contributed by atoms with E-state index in [1.807, 2.05) is 62.6 Å². The number of hydrogen-bond acceptors (Lipinski definition) is 5. The maximum atomic E-state index is 11.9. The van der Waals surface area contributed by atoms with Gasteiger partial charge in [-0.15, -0.1) is 11.3 Å². The smallest absolute Gasteiger partial charge is 0.306 e. The van der Waals surface area contributed by atoms with Crippen molar-refractivity contribution in [3.63, 3.8) is 0 Å². The molecule has 0 aliphatic rings. The van der Waals surface area contributed by atoms with Crippen LogP contribution in [-0.4, -0.2) is 17.6 Å². The molecular formula is C24H20N2O2S. The van der Waals surface area contributed by atoms with Crippen molar-refractivity contribution in [1.29, 1.82) is 5.26 Å². The third-order valence-corrected chi connectivity index (χ3v) is 6.46. The van der Waals surface area contributed by atoms with Crippen molar-refractivity contribution < 1.29 is 9.53 Å². The van der Waals surface area contributed by atoms with E-state index in [9.17, 15) is 10.1 Å². The van der Waals surface area contributed by atoms with Crippen molar-refractivity contribution in [3.8, 4) is 17.2 Å². The zero-order chi connectivity index (χ0) is 20.4. The second-order valence-corrected chi connectivity index (χ2v) is 8.07. The quantitative estimate of drug-likeness (QED) is 0.383. The Kier molecular flexibility index (Phi) is 5.28. The Morgan fingerprint density at radius 2 is 1.97 bits per heavy atom. The van der Waals surface area contributed by atoms with Crippen molar-refractivity contribution in [2.75, 3.05) is 6.61 Å². The van der Waals surface area contributed by atoms with Crippen LogP contribution >= 0.6 is 11.3 Å². The highest BCUT2D eigenvalue weighted by Gasteiger charge is 2.18. The normalized spacial score (nSPS) is 12.0. The first-order valence-electron chi connectivity index (χ1n) is 9.57. The Bertz CT molecular complexity index is 1250. The Balaban J connectivity index is 1.82. The maximum Gasteiger partial charge on any atom is 0.306 e. The summed E-state index contributed by atoms with van der Waals surface area (Å²) < 4.78 is 6.24. The Morgan fingerprint density at radius 3 is 2.72 bits per heavy atom. The van der Waals surface area contributed by atoms with Gasteiger partial charge in [0.25, 0.3) is 0 Å². The summed E-state index contributed by atoms with van der Waals surface area (Å²) in [5, 5.41) is 12.5. The van der Waals surface area contributed by atoms with E-state index in [1.54, 1.807) is 11.3 Å². The van der Waals surface area contributed by atoms with E-state index in [4.69, 9.17) is 4.74 Å². The van der Waals surface area contributed by atoms with Crippen LogP contribution < -0.4 is 0 Å². The predicted octanol–water partition coefficient (Wildman–Crippen LogP) is 6.04. The van der Waals surface area contributed by atoms with Gasteiger partial charge in [-0.05, 0) is 30.0 Å². The molecule has 1 atom stereocenters. The summed E-state index contributed by atoms with van der Waals surface area (Å²) >= 11 is 1.69. The summed E-state index contributed by atoms with van der Waals surface area (Å²) in [7, 11) is 0. The van der Waals surface area contributed by atoms with E-state index >= 15 is 0 Å². The number of benzene rings is 2. The van der Waals surface area contributed by atoms with Gasteiger partial charge in [0.05, 0.1) is 24.7 Å². The SMILES string of the molecule is CCOC(=O)CC(C)c1cc2cncc(-c3ccc(C#N)c4ccccc34)c2s1. The van der Waals surface area contributed by atoms with Gasteiger partial charge in [-0.25, -0.2) is 0 Å². The topological polar surface area (TPSA) is 63.0 Å². The lowest BCUT2D eigenvalue weighted by Gasteiger charge is -2.09. The summed E-state index contributed by atoms with van der Waals surface area (Å²) in [6.07, 6.45) is 4.11. The number of carbonyl (C=O) groups excluding carboxylic acids is 1. The van der Waals surface area contributed by atoms with Crippen LogP contribution in [0.25, 0.3) is 32.0 Å². The number of thiophene rings is 1. The van der Waals surface area contributed by atoms with Gasteiger partial charge in [-0.3, -0.25) is 9.78 Å². The molecule has 0 aliphatic carbocycles. The number of ether oxygens (including phenoxy) is 1. The maximum absolute atomic E-state index is 11.9. The van der Waals surface area contributed by atoms with E-state index in [2.05, 4.69) is 17.1 Å². The average Bonchev–Trinajstić information content (AvgIpc) is 3.18. The molecule has 1 unspecified atom stereocenters. The molecule has 0 N–H and O–H groups in total. The third kappa shape index (κ3) is 3.59. The Morgan fingerprint density at radius 1 is 1.17 bits per heavy atom. The zero-order valence-corrected chi connectivity index (χ0v) is 17.1. The highest BCUT2D eigenvalue weighted by molar-refractivity contribution is 7.19. The molecule has 4 nitrogen and oxygen atoms in total. The molecule has 2 heterocycles. The van der Waals surface area contributed by atoms with Crippen LogP contribution in [0.2, 0.25) is 0 Å². The van der Waals surface area contributed by atoms with E-state index in [0.29, 0.717) is 18.6 Å². The van der Waals surface area contributed by atoms with Crippen LogP contribution in [0.3, 0.4) is 0 Å². The van der Waals surface area contributed by atoms with Crippen molar-refractivity contribution in [2.24, 2.45) is 0 Å². The minimum absolute atomic E-state index is 0.0806. The Hall–Kier alpha value is -3.23. The van der Waals surface area contributed by atoms with Gasteiger partial charge in [0.15, 0.2) is 0 Å². The minimum atomic E-state index is -0.172. The number of rotatable bonds is 5. The molecule has 144 valence electrons. The lowest BCUT2D eigenvalue weighted by atomic mass is 9.96. The van der Waals surface area contributed by atoms with Gasteiger partial charge in [0.2, 0.25) is 0 Å². The molecule has 4 rings (SSSR count). The molecule has 0 saturated heterocycles. The summed E-state index contributed by atoms with van der Waals surface area (Å²) in [5.41, 5.74) is 2.77. The predicted molar refractivity (Wildman–Crippen MR) is 117 cm³/mol.